The van der Waals surface area contributed by atoms with Crippen molar-refractivity contribution in [3.05, 3.63) is 71.3 Å². The molecule has 1 aliphatic rings. The second-order valence-electron chi connectivity index (χ2n) is 6.37. The molecule has 0 spiro atoms. The Balaban J connectivity index is 1.71. The summed E-state index contributed by atoms with van der Waals surface area (Å²) in [6, 6.07) is 19.0. The maximum atomic E-state index is 6.44. The number of hydrogen-bond donors (Lipinski definition) is 1. The van der Waals surface area contributed by atoms with Gasteiger partial charge in [-0.3, -0.25) is 4.90 Å². The van der Waals surface area contributed by atoms with Crippen molar-refractivity contribution in [2.75, 3.05) is 32.8 Å². The Kier molecular flexibility index (Phi) is 5.44. The van der Waals surface area contributed by atoms with Gasteiger partial charge in [-0.2, -0.15) is 0 Å². The van der Waals surface area contributed by atoms with Gasteiger partial charge in [-0.15, -0.1) is 0 Å². The average molecular weight is 310 g/mol. The highest BCUT2D eigenvalue weighted by Gasteiger charge is 2.16. The van der Waals surface area contributed by atoms with Crippen LogP contribution < -0.4 is 5.73 Å². The summed E-state index contributed by atoms with van der Waals surface area (Å²) in [6.07, 6.45) is 0. The molecule has 2 aromatic rings. The van der Waals surface area contributed by atoms with Gasteiger partial charge in [0.25, 0.3) is 0 Å². The Morgan fingerprint density at radius 2 is 1.61 bits per heavy atom. The summed E-state index contributed by atoms with van der Waals surface area (Å²) in [6.45, 7) is 7.15. The molecule has 2 atom stereocenters. The van der Waals surface area contributed by atoms with Gasteiger partial charge in [0.15, 0.2) is 0 Å². The van der Waals surface area contributed by atoms with E-state index in [0.29, 0.717) is 5.92 Å². The molecule has 2 N–H and O–H groups in total. The van der Waals surface area contributed by atoms with E-state index >= 15 is 0 Å². The van der Waals surface area contributed by atoms with Crippen LogP contribution in [0, 0.1) is 0 Å². The molecule has 23 heavy (non-hydrogen) atoms. The molecule has 0 unspecified atom stereocenters. The first-order valence-corrected chi connectivity index (χ1v) is 8.44. The second kappa shape index (κ2) is 7.73. The first-order valence-electron chi connectivity index (χ1n) is 8.44. The van der Waals surface area contributed by atoms with E-state index in [1.165, 1.54) is 11.1 Å². The van der Waals surface area contributed by atoms with Crippen molar-refractivity contribution in [2.24, 2.45) is 5.73 Å². The van der Waals surface area contributed by atoms with Crippen LogP contribution in [0.4, 0.5) is 0 Å². The minimum absolute atomic E-state index is 0.0632. The quantitative estimate of drug-likeness (QED) is 0.922. The van der Waals surface area contributed by atoms with E-state index in [0.717, 1.165) is 38.4 Å². The van der Waals surface area contributed by atoms with Crippen LogP contribution in [0.15, 0.2) is 54.6 Å². The molecule has 0 amide bonds. The SMILES string of the molecule is C[C@H](CN1CCOCC1)c1cccc([C@H](N)c2ccccc2)c1. The Morgan fingerprint density at radius 3 is 2.35 bits per heavy atom. The fourth-order valence-corrected chi connectivity index (χ4v) is 3.19. The molecule has 2 aromatic carbocycles. The third-order valence-corrected chi connectivity index (χ3v) is 4.63. The summed E-state index contributed by atoms with van der Waals surface area (Å²) >= 11 is 0. The Hall–Kier alpha value is -1.68. The van der Waals surface area contributed by atoms with Gasteiger partial charge in [-0.25, -0.2) is 0 Å². The van der Waals surface area contributed by atoms with Gasteiger partial charge in [0.1, 0.15) is 0 Å². The summed E-state index contributed by atoms with van der Waals surface area (Å²) in [7, 11) is 0. The van der Waals surface area contributed by atoms with Gasteiger partial charge < -0.3 is 10.5 Å². The van der Waals surface area contributed by atoms with Gasteiger partial charge in [0.05, 0.1) is 19.3 Å². The van der Waals surface area contributed by atoms with E-state index in [1.54, 1.807) is 0 Å². The highest BCUT2D eigenvalue weighted by molar-refractivity contribution is 5.35. The lowest BCUT2D eigenvalue weighted by Crippen LogP contribution is -2.38. The third-order valence-electron chi connectivity index (χ3n) is 4.63. The molecular formula is C20H26N2O. The van der Waals surface area contributed by atoms with E-state index < -0.39 is 0 Å². The zero-order valence-electron chi connectivity index (χ0n) is 13.8. The van der Waals surface area contributed by atoms with Crippen LogP contribution in [0.25, 0.3) is 0 Å². The number of nitrogens with zero attached hydrogens (tertiary/aromatic N) is 1. The zero-order valence-corrected chi connectivity index (χ0v) is 13.8. The number of nitrogens with two attached hydrogens (primary N) is 1. The summed E-state index contributed by atoms with van der Waals surface area (Å²) < 4.78 is 5.43. The highest BCUT2D eigenvalue weighted by atomic mass is 16.5. The van der Waals surface area contributed by atoms with Gasteiger partial charge >= 0.3 is 0 Å². The van der Waals surface area contributed by atoms with Crippen LogP contribution in [-0.4, -0.2) is 37.7 Å². The molecule has 0 radical (unpaired) electrons. The summed E-state index contributed by atoms with van der Waals surface area (Å²) in [5.41, 5.74) is 10.1. The lowest BCUT2D eigenvalue weighted by molar-refractivity contribution is 0.0357. The molecule has 0 saturated carbocycles. The Labute approximate surface area is 139 Å². The molecule has 122 valence electrons. The molecule has 1 aliphatic heterocycles. The minimum atomic E-state index is -0.0632. The first kappa shape index (κ1) is 16.2. The number of rotatable bonds is 5. The molecule has 3 rings (SSSR count). The van der Waals surface area contributed by atoms with E-state index in [9.17, 15) is 0 Å². The average Bonchev–Trinajstić information content (AvgIpc) is 2.63. The number of ether oxygens (including phenoxy) is 1. The van der Waals surface area contributed by atoms with Crippen molar-refractivity contribution < 1.29 is 4.74 Å². The Bertz CT molecular complexity index is 608. The first-order chi connectivity index (χ1) is 11.2. The van der Waals surface area contributed by atoms with Crippen molar-refractivity contribution >= 4 is 0 Å². The van der Waals surface area contributed by atoms with E-state index in [-0.39, 0.29) is 6.04 Å². The van der Waals surface area contributed by atoms with E-state index in [2.05, 4.69) is 48.2 Å². The largest absolute Gasteiger partial charge is 0.379 e. The zero-order chi connectivity index (χ0) is 16.1. The monoisotopic (exact) mass is 310 g/mol. The fraction of sp³-hybridized carbons (Fsp3) is 0.400. The predicted molar refractivity (Wildman–Crippen MR) is 94.6 cm³/mol. The van der Waals surface area contributed by atoms with Crippen molar-refractivity contribution in [1.82, 2.24) is 4.90 Å². The second-order valence-corrected chi connectivity index (χ2v) is 6.37. The molecule has 0 aromatic heterocycles. The summed E-state index contributed by atoms with van der Waals surface area (Å²) in [4.78, 5) is 2.48. The van der Waals surface area contributed by atoms with Gasteiger partial charge in [0.2, 0.25) is 0 Å². The topological polar surface area (TPSA) is 38.5 Å². The predicted octanol–water partition coefficient (Wildman–Crippen LogP) is 3.17. The molecule has 1 heterocycles. The number of benzene rings is 2. The molecule has 0 bridgehead atoms. The van der Waals surface area contributed by atoms with E-state index in [4.69, 9.17) is 10.5 Å². The molecule has 0 aliphatic carbocycles. The molecule has 3 heteroatoms. The number of hydrogen-bond acceptors (Lipinski definition) is 3. The van der Waals surface area contributed by atoms with Crippen molar-refractivity contribution in [3.8, 4) is 0 Å². The minimum Gasteiger partial charge on any atom is -0.379 e. The van der Waals surface area contributed by atoms with Crippen LogP contribution in [0.1, 0.15) is 35.6 Å². The van der Waals surface area contributed by atoms with Gasteiger partial charge in [-0.05, 0) is 22.6 Å². The van der Waals surface area contributed by atoms with Crippen molar-refractivity contribution in [3.63, 3.8) is 0 Å². The normalized spacial score (nSPS) is 18.5. The van der Waals surface area contributed by atoms with Crippen molar-refractivity contribution in [1.29, 1.82) is 0 Å². The van der Waals surface area contributed by atoms with Crippen LogP contribution in [0.2, 0.25) is 0 Å². The third kappa shape index (κ3) is 4.20. The van der Waals surface area contributed by atoms with Gasteiger partial charge in [-0.1, -0.05) is 61.5 Å². The van der Waals surface area contributed by atoms with Crippen LogP contribution in [0.3, 0.4) is 0 Å². The molecule has 1 saturated heterocycles. The molecule has 3 nitrogen and oxygen atoms in total. The maximum Gasteiger partial charge on any atom is 0.0594 e. The van der Waals surface area contributed by atoms with Crippen LogP contribution in [0.5, 0.6) is 0 Å². The lowest BCUT2D eigenvalue weighted by atomic mass is 9.93. The number of morpholine rings is 1. The maximum absolute atomic E-state index is 6.44. The highest BCUT2D eigenvalue weighted by Crippen LogP contribution is 2.24. The summed E-state index contributed by atoms with van der Waals surface area (Å²) in [5.74, 6) is 0.496. The smallest absolute Gasteiger partial charge is 0.0594 e. The van der Waals surface area contributed by atoms with E-state index in [1.807, 2.05) is 18.2 Å². The summed E-state index contributed by atoms with van der Waals surface area (Å²) in [5, 5.41) is 0. The van der Waals surface area contributed by atoms with Crippen LogP contribution in [-0.2, 0) is 4.74 Å². The Morgan fingerprint density at radius 1 is 0.957 bits per heavy atom. The molecular weight excluding hydrogens is 284 g/mol. The van der Waals surface area contributed by atoms with Crippen molar-refractivity contribution in [2.45, 2.75) is 18.9 Å². The molecule has 1 fully saturated rings. The fourth-order valence-electron chi connectivity index (χ4n) is 3.19. The van der Waals surface area contributed by atoms with Crippen LogP contribution >= 0.6 is 0 Å². The standard InChI is InChI=1S/C20H26N2O/c1-16(15-22-10-12-23-13-11-22)18-8-5-9-19(14-18)20(21)17-6-3-2-4-7-17/h2-9,14,16,20H,10-13,15,21H2,1H3/t16-,20-/m1/s1. The lowest BCUT2D eigenvalue weighted by Gasteiger charge is -2.29. The van der Waals surface area contributed by atoms with Gasteiger partial charge in [0, 0.05) is 19.6 Å².